The highest BCUT2D eigenvalue weighted by molar-refractivity contribution is 5.85. The summed E-state index contributed by atoms with van der Waals surface area (Å²) in [6, 6.07) is 2.06. The summed E-state index contributed by atoms with van der Waals surface area (Å²) in [7, 11) is 0. The zero-order valence-electron chi connectivity index (χ0n) is 14.6. The summed E-state index contributed by atoms with van der Waals surface area (Å²) in [5.74, 6) is 1.30. The Hall–Kier alpha value is -1.60. The van der Waals surface area contributed by atoms with Gasteiger partial charge in [0.25, 0.3) is 0 Å². The maximum atomic E-state index is 12.5. The Kier molecular flexibility index (Phi) is 6.84. The van der Waals surface area contributed by atoms with E-state index in [1.54, 1.807) is 6.07 Å². The molecule has 2 aliphatic heterocycles. The van der Waals surface area contributed by atoms with Crippen molar-refractivity contribution < 1.29 is 14.1 Å². The van der Waals surface area contributed by atoms with Crippen molar-refractivity contribution in [1.82, 2.24) is 15.0 Å². The van der Waals surface area contributed by atoms with Crippen molar-refractivity contribution in [2.75, 3.05) is 26.2 Å². The first-order chi connectivity index (χ1) is 11.6. The number of nitrogens with two attached hydrogens (primary N) is 1. The Balaban J connectivity index is 0.00000225. The van der Waals surface area contributed by atoms with Crippen LogP contribution in [-0.2, 0) is 16.0 Å². The van der Waals surface area contributed by atoms with Crippen LogP contribution in [0.15, 0.2) is 10.6 Å². The average Bonchev–Trinajstić information content (AvgIpc) is 2.98. The summed E-state index contributed by atoms with van der Waals surface area (Å²) in [6.07, 6.45) is 3.39. The smallest absolute Gasteiger partial charge is 0.230 e. The third-order valence-corrected chi connectivity index (χ3v) is 5.10. The highest BCUT2D eigenvalue weighted by Gasteiger charge is 2.39. The standard InChI is InChI=1S/C17H26N4O3.ClH/c1-12-9-14(24-19-12)10-17(23)20-8-5-15-13(11-20)3-4-16(22)21(15)7-2-6-18;/h9,13,15H,2-8,10-11,18H2,1H3;1H/t13-,15+;/m0./s1. The van der Waals surface area contributed by atoms with Crippen molar-refractivity contribution in [3.63, 3.8) is 0 Å². The van der Waals surface area contributed by atoms with Crippen LogP contribution in [0, 0.1) is 12.8 Å². The number of carbonyl (C=O) groups is 2. The minimum Gasteiger partial charge on any atom is -0.361 e. The minimum absolute atomic E-state index is 0. The van der Waals surface area contributed by atoms with Gasteiger partial charge < -0.3 is 20.1 Å². The second-order valence-corrected chi connectivity index (χ2v) is 6.84. The Morgan fingerprint density at radius 2 is 2.24 bits per heavy atom. The molecule has 0 spiro atoms. The van der Waals surface area contributed by atoms with E-state index in [9.17, 15) is 9.59 Å². The molecule has 0 aliphatic carbocycles. The highest BCUT2D eigenvalue weighted by atomic mass is 35.5. The maximum absolute atomic E-state index is 12.5. The summed E-state index contributed by atoms with van der Waals surface area (Å²) < 4.78 is 5.15. The van der Waals surface area contributed by atoms with E-state index in [1.807, 2.05) is 16.7 Å². The van der Waals surface area contributed by atoms with Crippen molar-refractivity contribution in [3.05, 3.63) is 17.5 Å². The molecule has 0 unspecified atom stereocenters. The summed E-state index contributed by atoms with van der Waals surface area (Å²) in [4.78, 5) is 28.6. The molecule has 2 saturated heterocycles. The summed E-state index contributed by atoms with van der Waals surface area (Å²) in [5.41, 5.74) is 6.38. The Morgan fingerprint density at radius 1 is 1.44 bits per heavy atom. The molecule has 0 aromatic carbocycles. The summed E-state index contributed by atoms with van der Waals surface area (Å²) >= 11 is 0. The quantitative estimate of drug-likeness (QED) is 0.838. The largest absolute Gasteiger partial charge is 0.361 e. The van der Waals surface area contributed by atoms with Crippen LogP contribution >= 0.6 is 12.4 Å². The summed E-state index contributed by atoms with van der Waals surface area (Å²) in [5, 5.41) is 3.83. The van der Waals surface area contributed by atoms with E-state index in [4.69, 9.17) is 10.3 Å². The van der Waals surface area contributed by atoms with Gasteiger partial charge >= 0.3 is 0 Å². The first-order valence-electron chi connectivity index (χ1n) is 8.78. The van der Waals surface area contributed by atoms with Crippen molar-refractivity contribution in [1.29, 1.82) is 0 Å². The van der Waals surface area contributed by atoms with E-state index in [2.05, 4.69) is 5.16 Å². The number of hydrogen-bond donors (Lipinski definition) is 1. The van der Waals surface area contributed by atoms with Gasteiger partial charge in [-0.1, -0.05) is 5.16 Å². The fourth-order valence-electron chi connectivity index (χ4n) is 3.89. The Bertz CT molecular complexity index is 606. The highest BCUT2D eigenvalue weighted by Crippen LogP contribution is 2.31. The third-order valence-electron chi connectivity index (χ3n) is 5.10. The van der Waals surface area contributed by atoms with Gasteiger partial charge in [0.15, 0.2) is 0 Å². The van der Waals surface area contributed by atoms with Crippen LogP contribution in [0.2, 0.25) is 0 Å². The molecule has 2 N–H and O–H groups in total. The zero-order valence-corrected chi connectivity index (χ0v) is 15.5. The molecular formula is C17H27ClN4O3. The van der Waals surface area contributed by atoms with E-state index in [-0.39, 0.29) is 36.7 Å². The topological polar surface area (TPSA) is 92.7 Å². The van der Waals surface area contributed by atoms with Crippen molar-refractivity contribution in [3.8, 4) is 0 Å². The number of likely N-dealkylation sites (tertiary alicyclic amines) is 2. The molecule has 2 aliphatic rings. The first kappa shape index (κ1) is 19.7. The van der Waals surface area contributed by atoms with E-state index < -0.39 is 0 Å². The van der Waals surface area contributed by atoms with Crippen LogP contribution in [0.4, 0.5) is 0 Å². The van der Waals surface area contributed by atoms with Gasteiger partial charge in [-0.25, -0.2) is 0 Å². The van der Waals surface area contributed by atoms with E-state index >= 15 is 0 Å². The molecule has 2 fully saturated rings. The molecule has 0 radical (unpaired) electrons. The second kappa shape index (κ2) is 8.67. The Morgan fingerprint density at radius 3 is 2.92 bits per heavy atom. The first-order valence-corrected chi connectivity index (χ1v) is 8.78. The number of fused-ring (bicyclic) bond motifs is 1. The van der Waals surface area contributed by atoms with Gasteiger partial charge in [0.05, 0.1) is 12.1 Å². The molecule has 25 heavy (non-hydrogen) atoms. The fourth-order valence-corrected chi connectivity index (χ4v) is 3.89. The van der Waals surface area contributed by atoms with Crippen molar-refractivity contribution in [2.24, 2.45) is 11.7 Å². The molecule has 2 amide bonds. The van der Waals surface area contributed by atoms with Crippen LogP contribution < -0.4 is 5.73 Å². The lowest BCUT2D eigenvalue weighted by Crippen LogP contribution is -2.57. The van der Waals surface area contributed by atoms with Gasteiger partial charge in [0, 0.05) is 38.2 Å². The molecule has 3 heterocycles. The number of carbonyl (C=O) groups excluding carboxylic acids is 2. The number of hydrogen-bond acceptors (Lipinski definition) is 5. The van der Waals surface area contributed by atoms with Crippen LogP contribution in [0.25, 0.3) is 0 Å². The van der Waals surface area contributed by atoms with Crippen LogP contribution in [-0.4, -0.2) is 59.0 Å². The average molecular weight is 371 g/mol. The van der Waals surface area contributed by atoms with E-state index in [1.165, 1.54) is 0 Å². The maximum Gasteiger partial charge on any atom is 0.230 e. The Labute approximate surface area is 154 Å². The van der Waals surface area contributed by atoms with Crippen LogP contribution in [0.5, 0.6) is 0 Å². The molecule has 1 aromatic heterocycles. The molecule has 140 valence electrons. The lowest BCUT2D eigenvalue weighted by molar-refractivity contribution is -0.144. The molecule has 0 saturated carbocycles. The number of aromatic nitrogens is 1. The van der Waals surface area contributed by atoms with Crippen LogP contribution in [0.3, 0.4) is 0 Å². The molecule has 3 rings (SSSR count). The predicted molar refractivity (Wildman–Crippen MR) is 95.3 cm³/mol. The van der Waals surface area contributed by atoms with Gasteiger partial charge in [0.2, 0.25) is 11.8 Å². The van der Waals surface area contributed by atoms with E-state index in [0.717, 1.165) is 38.0 Å². The molecule has 1 aromatic rings. The van der Waals surface area contributed by atoms with Gasteiger partial charge in [0.1, 0.15) is 5.76 Å². The third kappa shape index (κ3) is 4.52. The molecule has 8 heteroatoms. The van der Waals surface area contributed by atoms with Gasteiger partial charge in [-0.15, -0.1) is 12.4 Å². The second-order valence-electron chi connectivity index (χ2n) is 6.84. The van der Waals surface area contributed by atoms with Gasteiger partial charge in [-0.05, 0) is 38.6 Å². The van der Waals surface area contributed by atoms with E-state index in [0.29, 0.717) is 31.2 Å². The van der Waals surface area contributed by atoms with Crippen molar-refractivity contribution in [2.45, 2.75) is 45.1 Å². The number of piperidine rings is 2. The molecule has 0 bridgehead atoms. The van der Waals surface area contributed by atoms with Crippen LogP contribution in [0.1, 0.15) is 37.1 Å². The normalized spacial score (nSPS) is 23.2. The van der Waals surface area contributed by atoms with Gasteiger partial charge in [-0.2, -0.15) is 0 Å². The SMILES string of the molecule is Cc1cc(CC(=O)N2CC[C@@H]3[C@@H](CCC(=O)N3CCCN)C2)on1.Cl. The number of rotatable bonds is 5. The number of amides is 2. The minimum atomic E-state index is 0. The molecule has 2 atom stereocenters. The zero-order chi connectivity index (χ0) is 17.1. The lowest BCUT2D eigenvalue weighted by atomic mass is 9.83. The monoisotopic (exact) mass is 370 g/mol. The number of halogens is 1. The molecule has 7 nitrogen and oxygen atoms in total. The van der Waals surface area contributed by atoms with Gasteiger partial charge in [-0.3, -0.25) is 9.59 Å². The summed E-state index contributed by atoms with van der Waals surface area (Å²) in [6.45, 7) is 4.60. The number of nitrogens with zero attached hydrogens (tertiary/aromatic N) is 3. The predicted octanol–water partition coefficient (Wildman–Crippen LogP) is 1.14. The molecular weight excluding hydrogens is 344 g/mol. The fraction of sp³-hybridized carbons (Fsp3) is 0.706. The lowest BCUT2D eigenvalue weighted by Gasteiger charge is -2.47. The number of aryl methyl sites for hydroxylation is 1. The van der Waals surface area contributed by atoms with Crippen molar-refractivity contribution >= 4 is 24.2 Å².